The van der Waals surface area contributed by atoms with E-state index in [1.807, 2.05) is 16.8 Å². The first-order chi connectivity index (χ1) is 7.69. The lowest BCUT2D eigenvalue weighted by atomic mass is 10.4. The Balaban J connectivity index is 2.42. The molecule has 3 nitrogen and oxygen atoms in total. The summed E-state index contributed by atoms with van der Waals surface area (Å²) in [6, 6.07) is 0.456. The Morgan fingerprint density at radius 3 is 2.62 bits per heavy atom. The van der Waals surface area contributed by atoms with E-state index in [-0.39, 0.29) is 5.91 Å². The van der Waals surface area contributed by atoms with Crippen molar-refractivity contribution in [2.45, 2.75) is 25.8 Å². The van der Waals surface area contributed by atoms with E-state index in [2.05, 4.69) is 17.8 Å². The van der Waals surface area contributed by atoms with Gasteiger partial charge in [0.25, 0.3) is 0 Å². The van der Waals surface area contributed by atoms with Crippen LogP contribution in [0, 0.1) is 24.2 Å². The van der Waals surface area contributed by atoms with E-state index in [0.717, 1.165) is 12.8 Å². The molecule has 0 atom stereocenters. The molecule has 1 aliphatic rings. The van der Waals surface area contributed by atoms with Crippen molar-refractivity contribution in [1.82, 2.24) is 9.80 Å². The molecule has 0 aliphatic heterocycles. The van der Waals surface area contributed by atoms with Crippen LogP contribution in [0.1, 0.15) is 19.8 Å². The third-order valence-corrected chi connectivity index (χ3v) is 2.64. The summed E-state index contributed by atoms with van der Waals surface area (Å²) in [5, 5.41) is 0. The molecule has 0 aromatic heterocycles. The van der Waals surface area contributed by atoms with Gasteiger partial charge in [-0.3, -0.25) is 9.69 Å². The molecule has 0 spiro atoms. The van der Waals surface area contributed by atoms with Crippen molar-refractivity contribution in [3.63, 3.8) is 0 Å². The number of likely N-dealkylation sites (N-methyl/N-ethyl adjacent to an activating group) is 1. The van der Waals surface area contributed by atoms with Crippen molar-refractivity contribution in [3.8, 4) is 24.2 Å². The molecular weight excluding hydrogens is 200 g/mol. The summed E-state index contributed by atoms with van der Waals surface area (Å²) < 4.78 is 0. The lowest BCUT2D eigenvalue weighted by Gasteiger charge is -2.21. The quantitative estimate of drug-likeness (QED) is 0.630. The number of nitrogens with zero attached hydrogens (tertiary/aromatic N) is 2. The molecule has 0 radical (unpaired) electrons. The van der Waals surface area contributed by atoms with E-state index in [1.165, 1.54) is 0 Å². The Labute approximate surface area is 97.8 Å². The molecule has 0 aromatic rings. The van der Waals surface area contributed by atoms with Crippen molar-refractivity contribution in [2.24, 2.45) is 0 Å². The monoisotopic (exact) mass is 218 g/mol. The van der Waals surface area contributed by atoms with Gasteiger partial charge >= 0.3 is 0 Å². The summed E-state index contributed by atoms with van der Waals surface area (Å²) >= 11 is 0. The topological polar surface area (TPSA) is 23.6 Å². The van der Waals surface area contributed by atoms with E-state index in [9.17, 15) is 4.79 Å². The molecule has 1 amide bonds. The molecule has 0 unspecified atom stereocenters. The molecule has 3 heteroatoms. The van der Waals surface area contributed by atoms with Crippen LogP contribution in [0.15, 0.2) is 0 Å². The van der Waals surface area contributed by atoms with Crippen molar-refractivity contribution in [3.05, 3.63) is 0 Å². The average Bonchev–Trinajstić information content (AvgIpc) is 3.08. The van der Waals surface area contributed by atoms with Crippen molar-refractivity contribution in [2.75, 3.05) is 26.7 Å². The number of terminal acetylenes is 1. The van der Waals surface area contributed by atoms with E-state index in [0.29, 0.717) is 25.7 Å². The zero-order valence-corrected chi connectivity index (χ0v) is 9.99. The first kappa shape index (κ1) is 12.6. The van der Waals surface area contributed by atoms with Gasteiger partial charge in [-0.2, -0.15) is 0 Å². The lowest BCUT2D eigenvalue weighted by molar-refractivity contribution is -0.131. The Hall–Kier alpha value is -1.45. The summed E-state index contributed by atoms with van der Waals surface area (Å²) in [5.41, 5.74) is 0. The molecule has 16 heavy (non-hydrogen) atoms. The highest BCUT2D eigenvalue weighted by molar-refractivity contribution is 5.78. The molecule has 0 heterocycles. The van der Waals surface area contributed by atoms with Crippen LogP contribution < -0.4 is 0 Å². The van der Waals surface area contributed by atoms with Gasteiger partial charge in [0, 0.05) is 13.1 Å². The SMILES string of the molecule is C#CCN(CC#CC)CC(=O)N(C)C1CC1. The number of carbonyl (C=O) groups excluding carboxylic acids is 1. The summed E-state index contributed by atoms with van der Waals surface area (Å²) in [6.07, 6.45) is 7.52. The fraction of sp³-hybridized carbons (Fsp3) is 0.615. The van der Waals surface area contributed by atoms with Gasteiger partial charge in [0.1, 0.15) is 0 Å². The van der Waals surface area contributed by atoms with Crippen molar-refractivity contribution >= 4 is 5.91 Å². The van der Waals surface area contributed by atoms with Gasteiger partial charge in [-0.25, -0.2) is 0 Å². The number of hydrogen-bond acceptors (Lipinski definition) is 2. The molecule has 0 bridgehead atoms. The Kier molecular flexibility index (Phi) is 4.89. The van der Waals surface area contributed by atoms with E-state index >= 15 is 0 Å². The summed E-state index contributed by atoms with van der Waals surface area (Å²) in [4.78, 5) is 15.5. The minimum Gasteiger partial charge on any atom is -0.342 e. The molecule has 0 N–H and O–H groups in total. The predicted molar refractivity (Wildman–Crippen MR) is 64.5 cm³/mol. The molecule has 1 fully saturated rings. The fourth-order valence-corrected chi connectivity index (χ4v) is 1.46. The molecule has 1 aliphatic carbocycles. The second kappa shape index (κ2) is 6.20. The standard InChI is InChI=1S/C13H18N2O/c1-4-6-10-15(9-5-2)11-13(16)14(3)12-7-8-12/h2,12H,7-11H2,1,3H3. The van der Waals surface area contributed by atoms with E-state index < -0.39 is 0 Å². The molecule has 0 saturated heterocycles. The summed E-state index contributed by atoms with van der Waals surface area (Å²) in [7, 11) is 1.86. The van der Waals surface area contributed by atoms with Crippen LogP contribution in [-0.4, -0.2) is 48.4 Å². The van der Waals surface area contributed by atoms with Crippen molar-refractivity contribution in [1.29, 1.82) is 0 Å². The number of rotatable bonds is 5. The first-order valence-electron chi connectivity index (χ1n) is 5.50. The fourth-order valence-electron chi connectivity index (χ4n) is 1.46. The van der Waals surface area contributed by atoms with Gasteiger partial charge in [-0.15, -0.1) is 12.3 Å². The predicted octanol–water partition coefficient (Wildman–Crippen LogP) is 0.566. The maximum Gasteiger partial charge on any atom is 0.236 e. The summed E-state index contributed by atoms with van der Waals surface area (Å²) in [5.74, 6) is 8.43. The zero-order valence-electron chi connectivity index (χ0n) is 9.99. The van der Waals surface area contributed by atoms with Crippen LogP contribution in [0.5, 0.6) is 0 Å². The second-order valence-electron chi connectivity index (χ2n) is 4.01. The van der Waals surface area contributed by atoms with Crippen LogP contribution in [0.2, 0.25) is 0 Å². The zero-order chi connectivity index (χ0) is 12.0. The molecule has 1 rings (SSSR count). The van der Waals surface area contributed by atoms with E-state index in [1.54, 1.807) is 6.92 Å². The normalized spacial score (nSPS) is 13.9. The molecule has 1 saturated carbocycles. The molecule has 86 valence electrons. The maximum absolute atomic E-state index is 11.8. The van der Waals surface area contributed by atoms with E-state index in [4.69, 9.17) is 6.42 Å². The van der Waals surface area contributed by atoms with Gasteiger partial charge in [0.15, 0.2) is 0 Å². The Morgan fingerprint density at radius 2 is 2.12 bits per heavy atom. The van der Waals surface area contributed by atoms with Crippen LogP contribution >= 0.6 is 0 Å². The third-order valence-electron chi connectivity index (χ3n) is 2.64. The summed E-state index contributed by atoms with van der Waals surface area (Å²) in [6.45, 7) is 3.18. The van der Waals surface area contributed by atoms with Crippen LogP contribution in [0.25, 0.3) is 0 Å². The maximum atomic E-state index is 11.8. The molecular formula is C13H18N2O. The molecule has 0 aromatic carbocycles. The van der Waals surface area contributed by atoms with Crippen LogP contribution in [0.3, 0.4) is 0 Å². The van der Waals surface area contributed by atoms with Crippen LogP contribution in [-0.2, 0) is 4.79 Å². The average molecular weight is 218 g/mol. The highest BCUT2D eigenvalue weighted by Crippen LogP contribution is 2.25. The number of hydrogen-bond donors (Lipinski definition) is 0. The minimum atomic E-state index is 0.135. The highest BCUT2D eigenvalue weighted by atomic mass is 16.2. The highest BCUT2D eigenvalue weighted by Gasteiger charge is 2.29. The number of amides is 1. The van der Waals surface area contributed by atoms with Gasteiger partial charge in [-0.1, -0.05) is 11.8 Å². The number of carbonyl (C=O) groups is 1. The second-order valence-corrected chi connectivity index (χ2v) is 4.01. The minimum absolute atomic E-state index is 0.135. The largest absolute Gasteiger partial charge is 0.342 e. The third kappa shape index (κ3) is 3.96. The van der Waals surface area contributed by atoms with Crippen molar-refractivity contribution < 1.29 is 4.79 Å². The Bertz CT molecular complexity index is 341. The lowest BCUT2D eigenvalue weighted by Crippen LogP contribution is -2.39. The van der Waals surface area contributed by atoms with Crippen LogP contribution in [0.4, 0.5) is 0 Å². The Morgan fingerprint density at radius 1 is 1.44 bits per heavy atom. The van der Waals surface area contributed by atoms with Gasteiger partial charge in [-0.05, 0) is 19.8 Å². The first-order valence-corrected chi connectivity index (χ1v) is 5.50. The van der Waals surface area contributed by atoms with Gasteiger partial charge < -0.3 is 4.90 Å². The van der Waals surface area contributed by atoms with Gasteiger partial charge in [0.05, 0.1) is 19.6 Å². The van der Waals surface area contributed by atoms with Gasteiger partial charge in [0.2, 0.25) is 5.91 Å². The smallest absolute Gasteiger partial charge is 0.236 e.